The van der Waals surface area contributed by atoms with Gasteiger partial charge in [-0.05, 0) is 66.8 Å². The number of carbonyl (C=O) groups excluding carboxylic acids is 2. The van der Waals surface area contributed by atoms with Gasteiger partial charge in [0.25, 0.3) is 5.91 Å². The highest BCUT2D eigenvalue weighted by Gasteiger charge is 2.47. The molecule has 1 atom stereocenters. The number of likely N-dealkylation sites (tertiary alicyclic amines) is 1. The van der Waals surface area contributed by atoms with Crippen LogP contribution in [0.5, 0.6) is 0 Å². The molecule has 10 heteroatoms. The molecule has 2 amide bonds. The first-order valence-corrected chi connectivity index (χ1v) is 14.9. The largest absolute Gasteiger partial charge is 0.448 e. The lowest BCUT2D eigenvalue weighted by Gasteiger charge is -2.48. The molecule has 0 aliphatic carbocycles. The first kappa shape index (κ1) is 28.9. The van der Waals surface area contributed by atoms with Gasteiger partial charge in [-0.2, -0.15) is 0 Å². The van der Waals surface area contributed by atoms with Crippen molar-refractivity contribution in [1.29, 1.82) is 0 Å². The van der Waals surface area contributed by atoms with E-state index >= 15 is 0 Å². The van der Waals surface area contributed by atoms with Gasteiger partial charge in [-0.25, -0.2) is 9.18 Å². The Hall–Kier alpha value is -3.17. The topological polar surface area (TPSA) is 62.3 Å². The van der Waals surface area contributed by atoms with E-state index in [-0.39, 0.29) is 24.4 Å². The predicted octanol–water partition coefficient (Wildman–Crippen LogP) is 6.22. The van der Waals surface area contributed by atoms with Crippen molar-refractivity contribution in [2.24, 2.45) is 0 Å². The second kappa shape index (κ2) is 11.8. The minimum absolute atomic E-state index is 0.0606. The number of amides is 2. The fourth-order valence-electron chi connectivity index (χ4n) is 6.52. The Bertz CT molecular complexity index is 1470. The molecule has 0 spiro atoms. The van der Waals surface area contributed by atoms with Gasteiger partial charge in [-0.1, -0.05) is 59.6 Å². The second-order valence-electron chi connectivity index (χ2n) is 11.1. The van der Waals surface area contributed by atoms with Crippen molar-refractivity contribution in [1.82, 2.24) is 9.80 Å². The number of benzene rings is 3. The van der Waals surface area contributed by atoms with E-state index in [0.29, 0.717) is 68.6 Å². The van der Waals surface area contributed by atoms with Crippen LogP contribution >= 0.6 is 23.2 Å². The molecule has 7 nitrogen and oxygen atoms in total. The molecule has 0 aromatic heterocycles. The zero-order valence-electron chi connectivity index (χ0n) is 23.1. The zero-order valence-corrected chi connectivity index (χ0v) is 24.6. The monoisotopic (exact) mass is 611 g/mol. The third-order valence-electron chi connectivity index (χ3n) is 8.85. The molecule has 3 aromatic carbocycles. The van der Waals surface area contributed by atoms with Gasteiger partial charge < -0.3 is 19.3 Å². The van der Waals surface area contributed by atoms with Gasteiger partial charge in [0, 0.05) is 25.3 Å². The lowest BCUT2D eigenvalue weighted by Crippen LogP contribution is -2.56. The highest BCUT2D eigenvalue weighted by molar-refractivity contribution is 6.42. The lowest BCUT2D eigenvalue weighted by molar-refractivity contribution is -0.141. The van der Waals surface area contributed by atoms with E-state index < -0.39 is 11.1 Å². The molecule has 1 unspecified atom stereocenters. The van der Waals surface area contributed by atoms with Crippen molar-refractivity contribution in [3.63, 3.8) is 0 Å². The zero-order chi connectivity index (χ0) is 29.3. The van der Waals surface area contributed by atoms with Crippen molar-refractivity contribution < 1.29 is 23.5 Å². The molecular formula is C32H32Cl2FN3O4. The molecule has 3 heterocycles. The molecule has 0 bridgehead atoms. The van der Waals surface area contributed by atoms with Crippen LogP contribution in [-0.4, -0.2) is 67.7 Å². The van der Waals surface area contributed by atoms with Crippen LogP contribution in [0, 0.1) is 5.82 Å². The number of hydrogen-bond acceptors (Lipinski definition) is 5. The van der Waals surface area contributed by atoms with E-state index in [1.807, 2.05) is 48.5 Å². The van der Waals surface area contributed by atoms with Gasteiger partial charge in [0.1, 0.15) is 24.6 Å². The molecule has 3 saturated heterocycles. The van der Waals surface area contributed by atoms with Crippen molar-refractivity contribution >= 4 is 40.9 Å². The number of carbonyl (C=O) groups is 2. The van der Waals surface area contributed by atoms with Crippen molar-refractivity contribution in [2.75, 3.05) is 50.8 Å². The van der Waals surface area contributed by atoms with Crippen LogP contribution in [0.25, 0.3) is 0 Å². The number of nitrogens with zero attached hydrogens (tertiary/aromatic N) is 3. The summed E-state index contributed by atoms with van der Waals surface area (Å²) in [6.07, 6.45) is 1.52. The third-order valence-corrected chi connectivity index (χ3v) is 9.59. The Morgan fingerprint density at radius 2 is 1.64 bits per heavy atom. The summed E-state index contributed by atoms with van der Waals surface area (Å²) >= 11 is 12.7. The Labute approximate surface area is 254 Å². The molecule has 0 radical (unpaired) electrons. The fraction of sp³-hybridized carbons (Fsp3) is 0.375. The maximum Gasteiger partial charge on any atom is 0.410 e. The Kier molecular flexibility index (Phi) is 8.16. The molecule has 3 fully saturated rings. The van der Waals surface area contributed by atoms with Gasteiger partial charge in [-0.3, -0.25) is 9.69 Å². The summed E-state index contributed by atoms with van der Waals surface area (Å²) in [7, 11) is 0. The molecular weight excluding hydrogens is 580 g/mol. The minimum atomic E-state index is -0.812. The van der Waals surface area contributed by atoms with Gasteiger partial charge >= 0.3 is 6.09 Å². The van der Waals surface area contributed by atoms with Crippen LogP contribution in [0.2, 0.25) is 10.0 Å². The van der Waals surface area contributed by atoms with Crippen LogP contribution < -0.4 is 4.90 Å². The fourth-order valence-corrected chi connectivity index (χ4v) is 6.82. The normalized spacial score (nSPS) is 22.8. The van der Waals surface area contributed by atoms with Gasteiger partial charge in [0.2, 0.25) is 0 Å². The summed E-state index contributed by atoms with van der Waals surface area (Å²) < 4.78 is 26.0. The number of morpholine rings is 1. The summed E-state index contributed by atoms with van der Waals surface area (Å²) in [5.41, 5.74) is 1.02. The minimum Gasteiger partial charge on any atom is -0.448 e. The Balaban J connectivity index is 1.24. The number of hydrogen-bond donors (Lipinski definition) is 0. The number of para-hydroxylation sites is 1. The molecule has 6 rings (SSSR count). The summed E-state index contributed by atoms with van der Waals surface area (Å²) in [6.45, 7) is 3.15. The number of anilines is 1. The molecule has 220 valence electrons. The number of cyclic esters (lactones) is 1. The first-order chi connectivity index (χ1) is 20.3. The predicted molar refractivity (Wildman–Crippen MR) is 159 cm³/mol. The van der Waals surface area contributed by atoms with E-state index in [2.05, 4.69) is 4.90 Å². The van der Waals surface area contributed by atoms with Gasteiger partial charge in [0.05, 0.1) is 28.7 Å². The van der Waals surface area contributed by atoms with Crippen LogP contribution in [0.15, 0.2) is 72.8 Å². The maximum atomic E-state index is 14.3. The molecule has 0 saturated carbocycles. The summed E-state index contributed by atoms with van der Waals surface area (Å²) in [6, 6.07) is 21.6. The molecule has 3 aromatic rings. The van der Waals surface area contributed by atoms with Crippen molar-refractivity contribution in [2.45, 2.75) is 30.4 Å². The Morgan fingerprint density at radius 3 is 2.33 bits per heavy atom. The van der Waals surface area contributed by atoms with Crippen LogP contribution in [0.1, 0.15) is 30.4 Å². The van der Waals surface area contributed by atoms with Crippen molar-refractivity contribution in [3.8, 4) is 0 Å². The van der Waals surface area contributed by atoms with Gasteiger partial charge in [-0.15, -0.1) is 0 Å². The standard InChI is InChI=1S/C32H32Cl2FN3O4/c33-27-10-9-24(20-28(27)34)32(22-37(29(39)21-42-32)26-7-2-1-3-8-26)13-16-36-14-11-31(12-15-36,38-17-18-41-30(38)40)23-5-4-6-25(35)19-23/h1-10,19-20H,11-18,21-22H2. The third kappa shape index (κ3) is 5.49. The van der Waals surface area contributed by atoms with E-state index in [1.165, 1.54) is 12.1 Å². The lowest BCUT2D eigenvalue weighted by atomic mass is 9.79. The average molecular weight is 613 g/mol. The molecule has 42 heavy (non-hydrogen) atoms. The van der Waals surface area contributed by atoms with E-state index in [4.69, 9.17) is 32.7 Å². The van der Waals surface area contributed by atoms with Crippen LogP contribution in [0.4, 0.5) is 14.9 Å². The van der Waals surface area contributed by atoms with E-state index in [9.17, 15) is 14.0 Å². The summed E-state index contributed by atoms with van der Waals surface area (Å²) in [4.78, 5) is 31.6. The smallest absolute Gasteiger partial charge is 0.410 e. The number of ether oxygens (including phenoxy) is 2. The average Bonchev–Trinajstić information content (AvgIpc) is 3.45. The second-order valence-corrected chi connectivity index (χ2v) is 11.9. The Morgan fingerprint density at radius 1 is 0.857 bits per heavy atom. The highest BCUT2D eigenvalue weighted by Crippen LogP contribution is 2.42. The van der Waals surface area contributed by atoms with Crippen LogP contribution in [-0.2, 0) is 25.4 Å². The SMILES string of the molecule is O=C1COC(CCN2CCC(c3cccc(F)c3)(N3CCOC3=O)CC2)(c2ccc(Cl)c(Cl)c2)CN1c1ccccc1. The van der Waals surface area contributed by atoms with Crippen molar-refractivity contribution in [3.05, 3.63) is 99.8 Å². The van der Waals surface area contributed by atoms with Crippen LogP contribution in [0.3, 0.4) is 0 Å². The quantitative estimate of drug-likeness (QED) is 0.317. The molecule has 0 N–H and O–H groups in total. The van der Waals surface area contributed by atoms with E-state index in [1.54, 1.807) is 21.9 Å². The number of rotatable bonds is 7. The first-order valence-electron chi connectivity index (χ1n) is 14.2. The summed E-state index contributed by atoms with van der Waals surface area (Å²) in [5.74, 6) is -0.426. The number of piperidine rings is 1. The maximum absolute atomic E-state index is 14.3. The number of halogens is 3. The molecule has 3 aliphatic heterocycles. The highest BCUT2D eigenvalue weighted by atomic mass is 35.5. The molecule has 3 aliphatic rings. The van der Waals surface area contributed by atoms with E-state index in [0.717, 1.165) is 16.8 Å². The van der Waals surface area contributed by atoms with Gasteiger partial charge in [0.15, 0.2) is 0 Å². The summed E-state index contributed by atoms with van der Waals surface area (Å²) in [5, 5.41) is 0.878.